The van der Waals surface area contributed by atoms with E-state index in [4.69, 9.17) is 4.74 Å². The van der Waals surface area contributed by atoms with Crippen LogP contribution in [-0.4, -0.2) is 24.0 Å². The van der Waals surface area contributed by atoms with Crippen LogP contribution in [0, 0.1) is 0 Å². The first kappa shape index (κ1) is 19.5. The van der Waals surface area contributed by atoms with E-state index in [1.165, 1.54) is 17.9 Å². The molecule has 0 unspecified atom stereocenters. The molecule has 0 amide bonds. The third kappa shape index (κ3) is 5.63. The SMILES string of the molecule is CCC/C=C/C=N/n1c(=O)cc(C(=O)OC)sc1=NCc1ccccc1. The van der Waals surface area contributed by atoms with Crippen molar-refractivity contribution >= 4 is 23.5 Å². The Kier molecular flexibility index (Phi) is 7.70. The van der Waals surface area contributed by atoms with Crippen molar-refractivity contribution in [1.29, 1.82) is 0 Å². The number of hydrogen-bond acceptors (Lipinski definition) is 6. The van der Waals surface area contributed by atoms with Crippen LogP contribution in [0.5, 0.6) is 0 Å². The van der Waals surface area contributed by atoms with Gasteiger partial charge in [-0.3, -0.25) is 9.79 Å². The molecular weight excluding hydrogens is 350 g/mol. The van der Waals surface area contributed by atoms with Crippen molar-refractivity contribution in [2.24, 2.45) is 10.1 Å². The van der Waals surface area contributed by atoms with Gasteiger partial charge in [-0.05, 0) is 18.1 Å². The number of benzene rings is 1. The first-order valence-corrected chi connectivity index (χ1v) is 9.06. The summed E-state index contributed by atoms with van der Waals surface area (Å²) in [6.45, 7) is 2.46. The summed E-state index contributed by atoms with van der Waals surface area (Å²) in [6.07, 6.45) is 7.29. The molecule has 2 rings (SSSR count). The highest BCUT2D eigenvalue weighted by Crippen LogP contribution is 2.03. The summed E-state index contributed by atoms with van der Waals surface area (Å²) >= 11 is 1.07. The smallest absolute Gasteiger partial charge is 0.348 e. The van der Waals surface area contributed by atoms with Gasteiger partial charge in [-0.1, -0.05) is 61.1 Å². The normalized spacial score (nSPS) is 12.2. The Morgan fingerprint density at radius 3 is 2.77 bits per heavy atom. The number of ether oxygens (including phenoxy) is 1. The third-order valence-electron chi connectivity index (χ3n) is 3.33. The van der Waals surface area contributed by atoms with Crippen LogP contribution in [0.25, 0.3) is 0 Å². The van der Waals surface area contributed by atoms with Crippen molar-refractivity contribution in [3.8, 4) is 0 Å². The van der Waals surface area contributed by atoms with Gasteiger partial charge in [0.05, 0.1) is 13.7 Å². The maximum Gasteiger partial charge on any atom is 0.348 e. The topological polar surface area (TPSA) is 73.0 Å². The number of rotatable bonds is 7. The lowest BCUT2D eigenvalue weighted by molar-refractivity contribution is 0.0606. The zero-order valence-corrected chi connectivity index (χ0v) is 15.6. The van der Waals surface area contributed by atoms with E-state index in [-0.39, 0.29) is 4.88 Å². The molecule has 0 saturated heterocycles. The monoisotopic (exact) mass is 371 g/mol. The van der Waals surface area contributed by atoms with Gasteiger partial charge >= 0.3 is 5.97 Å². The summed E-state index contributed by atoms with van der Waals surface area (Å²) < 4.78 is 5.90. The minimum absolute atomic E-state index is 0.192. The molecule has 136 valence electrons. The number of carbonyl (C=O) groups is 1. The van der Waals surface area contributed by atoms with Crippen LogP contribution >= 0.6 is 11.3 Å². The van der Waals surface area contributed by atoms with Gasteiger partial charge in [0.15, 0.2) is 0 Å². The second-order valence-corrected chi connectivity index (χ2v) is 6.33. The van der Waals surface area contributed by atoms with Crippen LogP contribution in [0.15, 0.2) is 63.4 Å². The van der Waals surface area contributed by atoms with Crippen LogP contribution < -0.4 is 10.4 Å². The zero-order chi connectivity index (χ0) is 18.8. The number of methoxy groups -OCH3 is 1. The molecule has 1 heterocycles. The molecule has 0 aliphatic heterocycles. The summed E-state index contributed by atoms with van der Waals surface area (Å²) in [5, 5.41) is 4.17. The molecule has 26 heavy (non-hydrogen) atoms. The number of nitrogens with zero attached hydrogens (tertiary/aromatic N) is 3. The van der Waals surface area contributed by atoms with Gasteiger partial charge in [-0.2, -0.15) is 9.78 Å². The fourth-order valence-corrected chi connectivity index (χ4v) is 2.89. The molecule has 0 aliphatic rings. The molecule has 0 bridgehead atoms. The van der Waals surface area contributed by atoms with E-state index in [9.17, 15) is 9.59 Å². The second kappa shape index (κ2) is 10.2. The van der Waals surface area contributed by atoms with E-state index in [1.807, 2.05) is 36.4 Å². The predicted octanol–water partition coefficient (Wildman–Crippen LogP) is 2.99. The summed E-state index contributed by atoms with van der Waals surface area (Å²) in [5.74, 6) is -0.567. The first-order chi connectivity index (χ1) is 12.7. The van der Waals surface area contributed by atoms with Crippen LogP contribution in [0.4, 0.5) is 0 Å². The molecule has 0 aliphatic carbocycles. The highest BCUT2D eigenvalue weighted by molar-refractivity contribution is 7.11. The van der Waals surface area contributed by atoms with Crippen LogP contribution in [0.3, 0.4) is 0 Å². The minimum Gasteiger partial charge on any atom is -0.465 e. The molecule has 0 radical (unpaired) electrons. The number of carbonyl (C=O) groups excluding carboxylic acids is 1. The van der Waals surface area contributed by atoms with Crippen LogP contribution in [-0.2, 0) is 11.3 Å². The fraction of sp³-hybridized carbons (Fsp3) is 0.263. The molecule has 0 spiro atoms. The van der Waals surface area contributed by atoms with Crippen molar-refractivity contribution in [3.05, 3.63) is 74.1 Å². The number of hydrogen-bond donors (Lipinski definition) is 0. The Hall–Kier alpha value is -2.80. The van der Waals surface area contributed by atoms with Gasteiger partial charge in [0.1, 0.15) is 4.88 Å². The Labute approximate surface area is 155 Å². The fourth-order valence-electron chi connectivity index (χ4n) is 2.02. The molecule has 0 saturated carbocycles. The maximum absolute atomic E-state index is 12.4. The van der Waals surface area contributed by atoms with Crippen molar-refractivity contribution in [1.82, 2.24) is 4.68 Å². The van der Waals surface area contributed by atoms with E-state index in [0.717, 1.165) is 29.7 Å². The summed E-state index contributed by atoms with van der Waals surface area (Å²) in [5.41, 5.74) is 0.560. The van der Waals surface area contributed by atoms with Crippen molar-refractivity contribution in [2.75, 3.05) is 7.11 Å². The van der Waals surface area contributed by atoms with Gasteiger partial charge in [-0.25, -0.2) is 4.79 Å². The van der Waals surface area contributed by atoms with Crippen molar-refractivity contribution in [2.45, 2.75) is 26.3 Å². The standard InChI is InChI=1S/C19H21N3O3S/c1-3-4-5-9-12-21-22-17(23)13-16(18(24)25-2)26-19(22)20-14-15-10-7-6-8-11-15/h5-13H,3-4,14H2,1-2H3/b9-5+,20-19?,21-12+. The van der Waals surface area contributed by atoms with Gasteiger partial charge in [0.2, 0.25) is 4.80 Å². The minimum atomic E-state index is -0.567. The molecule has 0 fully saturated rings. The van der Waals surface area contributed by atoms with E-state index < -0.39 is 11.5 Å². The molecule has 1 aromatic heterocycles. The Bertz CT molecular complexity index is 912. The average Bonchev–Trinajstić information content (AvgIpc) is 2.67. The molecular formula is C19H21N3O3S. The van der Waals surface area contributed by atoms with E-state index in [0.29, 0.717) is 11.3 Å². The molecule has 7 heteroatoms. The van der Waals surface area contributed by atoms with Crippen LogP contribution in [0.1, 0.15) is 35.0 Å². The van der Waals surface area contributed by atoms with Crippen LogP contribution in [0.2, 0.25) is 0 Å². The maximum atomic E-state index is 12.4. The number of aromatic nitrogens is 1. The highest BCUT2D eigenvalue weighted by Gasteiger charge is 2.10. The highest BCUT2D eigenvalue weighted by atomic mass is 32.1. The average molecular weight is 371 g/mol. The van der Waals surface area contributed by atoms with E-state index in [2.05, 4.69) is 17.0 Å². The number of unbranched alkanes of at least 4 members (excludes halogenated alkanes) is 1. The largest absolute Gasteiger partial charge is 0.465 e. The van der Waals surface area contributed by atoms with Crippen molar-refractivity contribution in [3.63, 3.8) is 0 Å². The zero-order valence-electron chi connectivity index (χ0n) is 14.8. The Balaban J connectivity index is 2.44. The third-order valence-corrected chi connectivity index (χ3v) is 4.32. The Morgan fingerprint density at radius 2 is 2.08 bits per heavy atom. The summed E-state index contributed by atoms with van der Waals surface area (Å²) in [7, 11) is 1.28. The van der Waals surface area contributed by atoms with Gasteiger partial charge in [-0.15, -0.1) is 0 Å². The molecule has 2 aromatic rings. The van der Waals surface area contributed by atoms with Crippen molar-refractivity contribution < 1.29 is 9.53 Å². The first-order valence-electron chi connectivity index (χ1n) is 8.25. The number of allylic oxidation sites excluding steroid dienone is 2. The molecule has 0 N–H and O–H groups in total. The van der Waals surface area contributed by atoms with Gasteiger partial charge in [0, 0.05) is 12.3 Å². The molecule has 6 nitrogen and oxygen atoms in total. The van der Waals surface area contributed by atoms with Gasteiger partial charge in [0.25, 0.3) is 5.56 Å². The lowest BCUT2D eigenvalue weighted by atomic mass is 10.2. The lowest BCUT2D eigenvalue weighted by Gasteiger charge is -2.02. The second-order valence-electron chi connectivity index (χ2n) is 5.32. The number of esters is 1. The summed E-state index contributed by atoms with van der Waals surface area (Å²) in [4.78, 5) is 29.2. The quantitative estimate of drug-likeness (QED) is 0.555. The van der Waals surface area contributed by atoms with E-state index in [1.54, 1.807) is 12.3 Å². The Morgan fingerprint density at radius 1 is 1.31 bits per heavy atom. The predicted molar refractivity (Wildman–Crippen MR) is 104 cm³/mol. The van der Waals surface area contributed by atoms with E-state index >= 15 is 0 Å². The molecule has 0 atom stereocenters. The molecule has 1 aromatic carbocycles. The van der Waals surface area contributed by atoms with Gasteiger partial charge < -0.3 is 4.74 Å². The lowest BCUT2D eigenvalue weighted by Crippen LogP contribution is -2.30. The summed E-state index contributed by atoms with van der Waals surface area (Å²) in [6, 6.07) is 10.9.